The van der Waals surface area contributed by atoms with Crippen LogP contribution in [0.25, 0.3) is 0 Å². The topological polar surface area (TPSA) is 69.7 Å². The van der Waals surface area contributed by atoms with E-state index in [2.05, 4.69) is 22.3 Å². The van der Waals surface area contributed by atoms with Gasteiger partial charge in [-0.1, -0.05) is 18.2 Å². The summed E-state index contributed by atoms with van der Waals surface area (Å²) in [5.74, 6) is 2.09. The minimum Gasteiger partial charge on any atom is -0.370 e. The summed E-state index contributed by atoms with van der Waals surface area (Å²) >= 11 is 3.17. The van der Waals surface area contributed by atoms with Crippen LogP contribution in [0, 0.1) is 0 Å². The second-order valence-electron chi connectivity index (χ2n) is 7.19. The van der Waals surface area contributed by atoms with E-state index < -0.39 is 16.1 Å². The summed E-state index contributed by atoms with van der Waals surface area (Å²) in [5.41, 5.74) is 2.23. The molecule has 4 rings (SSSR count). The molecule has 2 fully saturated rings. The average Bonchev–Trinajstić information content (AvgIpc) is 3.46. The van der Waals surface area contributed by atoms with Crippen LogP contribution < -0.4 is 10.2 Å². The predicted molar refractivity (Wildman–Crippen MR) is 119 cm³/mol. The van der Waals surface area contributed by atoms with Gasteiger partial charge in [0.05, 0.1) is 0 Å². The van der Waals surface area contributed by atoms with Crippen LogP contribution in [0.2, 0.25) is 0 Å². The van der Waals surface area contributed by atoms with Gasteiger partial charge in [-0.05, 0) is 42.0 Å². The van der Waals surface area contributed by atoms with Crippen LogP contribution in [0.1, 0.15) is 18.4 Å². The lowest BCUT2D eigenvalue weighted by Gasteiger charge is -2.28. The van der Waals surface area contributed by atoms with Gasteiger partial charge in [0.15, 0.2) is 0 Å². The first-order valence-corrected chi connectivity index (χ1v) is 13.3. The summed E-state index contributed by atoms with van der Waals surface area (Å²) in [6.07, 6.45) is 1.26. The third-order valence-electron chi connectivity index (χ3n) is 5.34. The van der Waals surface area contributed by atoms with Crippen LogP contribution in [0.4, 0.5) is 5.69 Å². The fraction of sp³-hybridized carbons (Fsp3) is 0.450. The van der Waals surface area contributed by atoms with Crippen molar-refractivity contribution in [1.82, 2.24) is 9.62 Å². The lowest BCUT2D eigenvalue weighted by atomic mass is 10.1. The van der Waals surface area contributed by atoms with Crippen LogP contribution in [0.15, 0.2) is 46.0 Å². The molecule has 1 atom stereocenters. The van der Waals surface area contributed by atoms with Gasteiger partial charge in [0.2, 0.25) is 5.91 Å². The summed E-state index contributed by atoms with van der Waals surface area (Å²) in [6.45, 7) is 2.92. The van der Waals surface area contributed by atoms with Gasteiger partial charge in [-0.3, -0.25) is 4.79 Å². The van der Waals surface area contributed by atoms with E-state index in [1.807, 2.05) is 23.9 Å². The number of thioether (sulfide) groups is 1. The van der Waals surface area contributed by atoms with Gasteiger partial charge < -0.3 is 10.2 Å². The molecule has 0 radical (unpaired) electrons. The molecule has 29 heavy (non-hydrogen) atoms. The quantitative estimate of drug-likeness (QED) is 0.731. The Balaban J connectivity index is 1.36. The van der Waals surface area contributed by atoms with E-state index in [1.54, 1.807) is 17.5 Å². The summed E-state index contributed by atoms with van der Waals surface area (Å²) in [5, 5.41) is 4.67. The zero-order chi connectivity index (χ0) is 20.3. The molecule has 2 aliphatic heterocycles. The first-order valence-electron chi connectivity index (χ1n) is 9.80. The van der Waals surface area contributed by atoms with Crippen LogP contribution in [0.3, 0.4) is 0 Å². The minimum absolute atomic E-state index is 0.222. The first kappa shape index (κ1) is 20.7. The van der Waals surface area contributed by atoms with Gasteiger partial charge >= 0.3 is 0 Å². The molecule has 0 aliphatic carbocycles. The van der Waals surface area contributed by atoms with Crippen molar-refractivity contribution in [2.75, 3.05) is 36.0 Å². The van der Waals surface area contributed by atoms with E-state index >= 15 is 0 Å². The Bertz CT molecular complexity index is 924. The molecule has 1 unspecified atom stereocenters. The SMILES string of the molecule is O=C(NCc1ccc(N2CCSCC2)cc1)C1CCCN1S(=O)(=O)c1cccs1. The maximum atomic E-state index is 12.8. The number of benzene rings is 1. The number of amides is 1. The van der Waals surface area contributed by atoms with E-state index in [1.165, 1.54) is 21.3 Å². The Labute approximate surface area is 180 Å². The number of rotatable bonds is 6. The highest BCUT2D eigenvalue weighted by Crippen LogP contribution is 2.28. The van der Waals surface area contributed by atoms with E-state index in [0.29, 0.717) is 30.1 Å². The fourth-order valence-electron chi connectivity index (χ4n) is 3.77. The van der Waals surface area contributed by atoms with E-state index in [0.717, 1.165) is 30.2 Å². The predicted octanol–water partition coefficient (Wildman–Crippen LogP) is 2.77. The summed E-state index contributed by atoms with van der Waals surface area (Å²) in [4.78, 5) is 15.1. The molecule has 0 bridgehead atoms. The highest BCUT2D eigenvalue weighted by atomic mass is 32.2. The number of hydrogen-bond acceptors (Lipinski definition) is 6. The van der Waals surface area contributed by atoms with Gasteiger partial charge in [0.25, 0.3) is 10.0 Å². The number of anilines is 1. The second kappa shape index (κ2) is 9.07. The molecule has 1 N–H and O–H groups in total. The molecule has 2 aromatic rings. The monoisotopic (exact) mass is 451 g/mol. The maximum Gasteiger partial charge on any atom is 0.253 e. The third kappa shape index (κ3) is 4.63. The standard InChI is InChI=1S/C20H25N3O3S3/c24-20(18-3-1-9-23(18)29(25,26)19-4-2-12-28-19)21-15-16-5-7-17(8-6-16)22-10-13-27-14-11-22/h2,4-8,12,18H,1,3,9-11,13-15H2,(H,21,24). The van der Waals surface area contributed by atoms with E-state index in [9.17, 15) is 13.2 Å². The zero-order valence-corrected chi connectivity index (χ0v) is 18.6. The van der Waals surface area contributed by atoms with Gasteiger partial charge in [-0.25, -0.2) is 8.42 Å². The maximum absolute atomic E-state index is 12.8. The Kier molecular flexibility index (Phi) is 6.48. The van der Waals surface area contributed by atoms with E-state index in [-0.39, 0.29) is 5.91 Å². The fourth-order valence-corrected chi connectivity index (χ4v) is 7.45. The number of carbonyl (C=O) groups excluding carboxylic acids is 1. The number of thiophene rings is 1. The number of hydrogen-bond donors (Lipinski definition) is 1. The van der Waals surface area contributed by atoms with Crippen molar-refractivity contribution in [3.63, 3.8) is 0 Å². The average molecular weight is 452 g/mol. The molecular weight excluding hydrogens is 426 g/mol. The van der Waals surface area contributed by atoms with Crippen LogP contribution in [-0.4, -0.2) is 55.8 Å². The van der Waals surface area contributed by atoms with Gasteiger partial charge in [0, 0.05) is 43.4 Å². The van der Waals surface area contributed by atoms with Crippen molar-refractivity contribution in [2.45, 2.75) is 29.6 Å². The molecule has 1 aromatic heterocycles. The van der Waals surface area contributed by atoms with Crippen molar-refractivity contribution in [3.8, 4) is 0 Å². The molecule has 9 heteroatoms. The number of carbonyl (C=O) groups is 1. The Morgan fingerprint density at radius 2 is 1.86 bits per heavy atom. The summed E-state index contributed by atoms with van der Waals surface area (Å²) in [6, 6.07) is 10.9. The molecular formula is C20H25N3O3S3. The highest BCUT2D eigenvalue weighted by molar-refractivity contribution is 7.99. The third-order valence-corrected chi connectivity index (χ3v) is 9.57. The van der Waals surface area contributed by atoms with Crippen molar-refractivity contribution in [3.05, 3.63) is 47.3 Å². The normalized spacial score (nSPS) is 20.7. The van der Waals surface area contributed by atoms with Gasteiger partial charge in [-0.2, -0.15) is 16.1 Å². The van der Waals surface area contributed by atoms with Crippen LogP contribution in [0.5, 0.6) is 0 Å². The molecule has 156 valence electrons. The second-order valence-corrected chi connectivity index (χ2v) is 11.5. The summed E-state index contributed by atoms with van der Waals surface area (Å²) in [7, 11) is -3.61. The number of nitrogens with zero attached hydrogens (tertiary/aromatic N) is 2. The minimum atomic E-state index is -3.61. The van der Waals surface area contributed by atoms with Crippen LogP contribution >= 0.6 is 23.1 Å². The molecule has 2 aliphatic rings. The Morgan fingerprint density at radius 1 is 1.10 bits per heavy atom. The largest absolute Gasteiger partial charge is 0.370 e. The smallest absolute Gasteiger partial charge is 0.253 e. The Morgan fingerprint density at radius 3 is 2.55 bits per heavy atom. The van der Waals surface area contributed by atoms with Crippen molar-refractivity contribution < 1.29 is 13.2 Å². The first-order chi connectivity index (χ1) is 14.1. The molecule has 3 heterocycles. The van der Waals surface area contributed by atoms with Gasteiger partial charge in [0.1, 0.15) is 10.3 Å². The lowest BCUT2D eigenvalue weighted by Crippen LogP contribution is -2.45. The van der Waals surface area contributed by atoms with Crippen LogP contribution in [-0.2, 0) is 21.4 Å². The molecule has 0 saturated carbocycles. The molecule has 6 nitrogen and oxygen atoms in total. The van der Waals surface area contributed by atoms with Crippen molar-refractivity contribution in [2.24, 2.45) is 0 Å². The zero-order valence-electron chi connectivity index (χ0n) is 16.1. The number of sulfonamides is 1. The molecule has 2 saturated heterocycles. The molecule has 0 spiro atoms. The Hall–Kier alpha value is -1.55. The molecule has 1 amide bonds. The lowest BCUT2D eigenvalue weighted by molar-refractivity contribution is -0.124. The summed E-state index contributed by atoms with van der Waals surface area (Å²) < 4.78 is 27.3. The van der Waals surface area contributed by atoms with E-state index in [4.69, 9.17) is 0 Å². The number of nitrogens with one attached hydrogen (secondary N) is 1. The molecule has 1 aromatic carbocycles. The van der Waals surface area contributed by atoms with Crippen molar-refractivity contribution in [1.29, 1.82) is 0 Å². The van der Waals surface area contributed by atoms with Gasteiger partial charge in [-0.15, -0.1) is 11.3 Å². The van der Waals surface area contributed by atoms with Crippen molar-refractivity contribution >= 4 is 44.7 Å². The highest BCUT2D eigenvalue weighted by Gasteiger charge is 2.39.